The number of hydrogen-bond donors (Lipinski definition) is 3. The molecule has 0 heterocycles. The minimum absolute atomic E-state index is 0.311. The van der Waals surface area contributed by atoms with Crippen LogP contribution in [-0.4, -0.2) is 17.7 Å². The first-order valence-corrected chi connectivity index (χ1v) is 7.12. The second-order valence-electron chi connectivity index (χ2n) is 5.30. The van der Waals surface area contributed by atoms with Crippen molar-refractivity contribution in [3.8, 4) is 0 Å². The normalized spacial score (nSPS) is 11.9. The second kappa shape index (κ2) is 7.19. The van der Waals surface area contributed by atoms with Crippen molar-refractivity contribution < 1.29 is 18.7 Å². The van der Waals surface area contributed by atoms with Gasteiger partial charge in [0.15, 0.2) is 0 Å². The SMILES string of the molecule is Cc1ccc(C)c(NC(=O)NCC(O)c2c(F)cccc2F)c1. The van der Waals surface area contributed by atoms with Crippen LogP contribution in [0.25, 0.3) is 0 Å². The van der Waals surface area contributed by atoms with Gasteiger partial charge in [0.1, 0.15) is 17.7 Å². The zero-order valence-corrected chi connectivity index (χ0v) is 12.9. The largest absolute Gasteiger partial charge is 0.386 e. The molecule has 6 heteroatoms. The number of hydrogen-bond acceptors (Lipinski definition) is 2. The van der Waals surface area contributed by atoms with Crippen molar-refractivity contribution in [3.63, 3.8) is 0 Å². The number of aliphatic hydroxyl groups is 1. The van der Waals surface area contributed by atoms with Crippen LogP contribution in [0.4, 0.5) is 19.3 Å². The van der Waals surface area contributed by atoms with Crippen molar-refractivity contribution in [2.24, 2.45) is 0 Å². The van der Waals surface area contributed by atoms with Crippen LogP contribution in [-0.2, 0) is 0 Å². The molecule has 0 radical (unpaired) electrons. The maximum Gasteiger partial charge on any atom is 0.319 e. The Balaban J connectivity index is 1.98. The monoisotopic (exact) mass is 320 g/mol. The molecule has 0 aliphatic rings. The van der Waals surface area contributed by atoms with Gasteiger partial charge in [-0.05, 0) is 43.2 Å². The highest BCUT2D eigenvalue weighted by Gasteiger charge is 2.18. The molecule has 2 aromatic carbocycles. The molecule has 2 amide bonds. The van der Waals surface area contributed by atoms with E-state index in [2.05, 4.69) is 10.6 Å². The van der Waals surface area contributed by atoms with Crippen LogP contribution in [0.2, 0.25) is 0 Å². The Morgan fingerprint density at radius 2 is 1.83 bits per heavy atom. The summed E-state index contributed by atoms with van der Waals surface area (Å²) >= 11 is 0. The number of nitrogens with one attached hydrogen (secondary N) is 2. The number of halogens is 2. The number of urea groups is 1. The number of benzene rings is 2. The van der Waals surface area contributed by atoms with Crippen LogP contribution < -0.4 is 10.6 Å². The summed E-state index contributed by atoms with van der Waals surface area (Å²) in [5.74, 6) is -1.71. The van der Waals surface area contributed by atoms with Crippen LogP contribution in [0.1, 0.15) is 22.8 Å². The van der Waals surface area contributed by atoms with Crippen molar-refractivity contribution in [1.82, 2.24) is 5.32 Å². The zero-order valence-electron chi connectivity index (χ0n) is 12.9. The standard InChI is InChI=1S/C17H18F2N2O2/c1-10-6-7-11(2)14(8-10)21-17(23)20-9-15(22)16-12(18)4-3-5-13(16)19/h3-8,15,22H,9H2,1-2H3,(H2,20,21,23). The summed E-state index contributed by atoms with van der Waals surface area (Å²) in [5, 5.41) is 14.9. The van der Waals surface area contributed by atoms with Gasteiger partial charge >= 0.3 is 6.03 Å². The highest BCUT2D eigenvalue weighted by atomic mass is 19.1. The predicted molar refractivity (Wildman–Crippen MR) is 84.3 cm³/mol. The molecule has 0 aliphatic heterocycles. The van der Waals surface area contributed by atoms with Crippen LogP contribution in [0.3, 0.4) is 0 Å². The first kappa shape index (κ1) is 16.9. The van der Waals surface area contributed by atoms with Crippen LogP contribution in [0.15, 0.2) is 36.4 Å². The Hall–Kier alpha value is -2.47. The number of anilines is 1. The molecule has 0 spiro atoms. The predicted octanol–water partition coefficient (Wildman–Crippen LogP) is 3.44. The van der Waals surface area contributed by atoms with Gasteiger partial charge in [-0.3, -0.25) is 0 Å². The molecule has 122 valence electrons. The summed E-state index contributed by atoms with van der Waals surface area (Å²) in [6.45, 7) is 3.43. The molecule has 0 aromatic heterocycles. The quantitative estimate of drug-likeness (QED) is 0.808. The summed E-state index contributed by atoms with van der Waals surface area (Å²) in [6, 6.07) is 8.35. The van der Waals surface area contributed by atoms with E-state index in [-0.39, 0.29) is 6.54 Å². The number of aryl methyl sites for hydroxylation is 2. The van der Waals surface area contributed by atoms with Gasteiger partial charge in [-0.15, -0.1) is 0 Å². The van der Waals surface area contributed by atoms with Crippen molar-refractivity contribution in [2.75, 3.05) is 11.9 Å². The Kier molecular flexibility index (Phi) is 5.28. The van der Waals surface area contributed by atoms with E-state index < -0.39 is 29.3 Å². The lowest BCUT2D eigenvalue weighted by Gasteiger charge is -2.15. The molecule has 2 aromatic rings. The molecule has 0 aliphatic carbocycles. The number of rotatable bonds is 4. The molecular weight excluding hydrogens is 302 g/mol. The van der Waals surface area contributed by atoms with Crippen molar-refractivity contribution >= 4 is 11.7 Å². The van der Waals surface area contributed by atoms with Gasteiger partial charge in [0.05, 0.1) is 5.56 Å². The first-order chi connectivity index (χ1) is 10.9. The van der Waals surface area contributed by atoms with Crippen molar-refractivity contribution in [1.29, 1.82) is 0 Å². The topological polar surface area (TPSA) is 61.4 Å². The fourth-order valence-electron chi connectivity index (χ4n) is 2.16. The number of carbonyl (C=O) groups excluding carboxylic acids is 1. The van der Waals surface area contributed by atoms with Crippen LogP contribution >= 0.6 is 0 Å². The molecule has 0 fully saturated rings. The second-order valence-corrected chi connectivity index (χ2v) is 5.30. The third-order valence-corrected chi connectivity index (χ3v) is 3.43. The lowest BCUT2D eigenvalue weighted by atomic mass is 10.1. The van der Waals surface area contributed by atoms with E-state index in [1.54, 1.807) is 0 Å². The third-order valence-electron chi connectivity index (χ3n) is 3.43. The van der Waals surface area contributed by atoms with Crippen LogP contribution in [0.5, 0.6) is 0 Å². The third kappa shape index (κ3) is 4.26. The van der Waals surface area contributed by atoms with Crippen molar-refractivity contribution in [2.45, 2.75) is 20.0 Å². The summed E-state index contributed by atoms with van der Waals surface area (Å²) in [4.78, 5) is 11.9. The summed E-state index contributed by atoms with van der Waals surface area (Å²) in [5.41, 5.74) is 2.04. The molecule has 3 N–H and O–H groups in total. The minimum atomic E-state index is -1.47. The van der Waals surface area contributed by atoms with Gasteiger partial charge in [0.25, 0.3) is 0 Å². The Labute approximate surface area is 133 Å². The van der Waals surface area contributed by atoms with E-state index in [1.165, 1.54) is 6.07 Å². The number of aliphatic hydroxyl groups excluding tert-OH is 1. The molecule has 0 bridgehead atoms. The summed E-state index contributed by atoms with van der Waals surface area (Å²) in [6.07, 6.45) is -1.47. The fourth-order valence-corrected chi connectivity index (χ4v) is 2.16. The van der Waals surface area contributed by atoms with E-state index >= 15 is 0 Å². The van der Waals surface area contributed by atoms with E-state index in [4.69, 9.17) is 0 Å². The highest BCUT2D eigenvalue weighted by molar-refractivity contribution is 5.90. The Morgan fingerprint density at radius 3 is 2.48 bits per heavy atom. The van der Waals surface area contributed by atoms with Gasteiger partial charge in [-0.1, -0.05) is 18.2 Å². The van der Waals surface area contributed by atoms with Gasteiger partial charge < -0.3 is 15.7 Å². The highest BCUT2D eigenvalue weighted by Crippen LogP contribution is 2.20. The zero-order chi connectivity index (χ0) is 17.0. The molecule has 1 atom stereocenters. The molecule has 2 rings (SSSR count). The van der Waals surface area contributed by atoms with Gasteiger partial charge in [0.2, 0.25) is 0 Å². The van der Waals surface area contributed by atoms with Gasteiger partial charge in [-0.25, -0.2) is 13.6 Å². The number of carbonyl (C=O) groups is 1. The Morgan fingerprint density at radius 1 is 1.17 bits per heavy atom. The van der Waals surface area contributed by atoms with E-state index in [0.717, 1.165) is 23.3 Å². The van der Waals surface area contributed by atoms with E-state index in [9.17, 15) is 18.7 Å². The fraction of sp³-hybridized carbons (Fsp3) is 0.235. The molecule has 4 nitrogen and oxygen atoms in total. The summed E-state index contributed by atoms with van der Waals surface area (Å²) in [7, 11) is 0. The molecule has 23 heavy (non-hydrogen) atoms. The minimum Gasteiger partial charge on any atom is -0.386 e. The Bertz CT molecular complexity index is 699. The average Bonchev–Trinajstić information content (AvgIpc) is 2.49. The smallest absolute Gasteiger partial charge is 0.319 e. The average molecular weight is 320 g/mol. The van der Waals surface area contributed by atoms with E-state index in [1.807, 2.05) is 32.0 Å². The maximum atomic E-state index is 13.5. The molecular formula is C17H18F2N2O2. The number of amides is 2. The lowest BCUT2D eigenvalue weighted by molar-refractivity contribution is 0.166. The van der Waals surface area contributed by atoms with Crippen molar-refractivity contribution in [3.05, 3.63) is 64.7 Å². The molecule has 1 unspecified atom stereocenters. The van der Waals surface area contributed by atoms with Gasteiger partial charge in [-0.2, -0.15) is 0 Å². The van der Waals surface area contributed by atoms with Crippen LogP contribution in [0, 0.1) is 25.5 Å². The lowest BCUT2D eigenvalue weighted by Crippen LogP contribution is -2.33. The van der Waals surface area contributed by atoms with Gasteiger partial charge in [0, 0.05) is 12.2 Å². The first-order valence-electron chi connectivity index (χ1n) is 7.12. The molecule has 0 saturated carbocycles. The maximum absolute atomic E-state index is 13.5. The van der Waals surface area contributed by atoms with E-state index in [0.29, 0.717) is 5.69 Å². The summed E-state index contributed by atoms with van der Waals surface area (Å²) < 4.78 is 27.1. The molecule has 0 saturated heterocycles.